The molecule has 0 aliphatic heterocycles. The maximum Gasteiger partial charge on any atom is 0.329 e. The first-order chi connectivity index (χ1) is 11.0. The van der Waals surface area contributed by atoms with Crippen molar-refractivity contribution in [1.82, 2.24) is 10.3 Å². The van der Waals surface area contributed by atoms with E-state index in [0.29, 0.717) is 24.3 Å². The first-order valence-corrected chi connectivity index (χ1v) is 7.35. The van der Waals surface area contributed by atoms with Gasteiger partial charge in [-0.1, -0.05) is 12.8 Å². The van der Waals surface area contributed by atoms with Gasteiger partial charge in [0.15, 0.2) is 0 Å². The van der Waals surface area contributed by atoms with Crippen LogP contribution < -0.4 is 10.9 Å². The van der Waals surface area contributed by atoms with E-state index < -0.39 is 23.0 Å². The molecule has 3 rings (SSSR count). The minimum absolute atomic E-state index is 0.118. The van der Waals surface area contributed by atoms with Gasteiger partial charge in [0.25, 0.3) is 11.5 Å². The monoisotopic (exact) mass is 316 g/mol. The van der Waals surface area contributed by atoms with Crippen molar-refractivity contribution in [1.29, 1.82) is 0 Å². The maximum absolute atomic E-state index is 12.3. The zero-order valence-electron chi connectivity index (χ0n) is 12.3. The molecule has 2 aromatic heterocycles. The molecule has 0 bridgehead atoms. The molecule has 1 amide bonds. The van der Waals surface area contributed by atoms with Crippen molar-refractivity contribution in [3.63, 3.8) is 0 Å². The predicted octanol–water partition coefficient (Wildman–Crippen LogP) is 1.76. The molecule has 3 N–H and O–H groups in total. The van der Waals surface area contributed by atoms with E-state index in [9.17, 15) is 19.5 Å². The summed E-state index contributed by atoms with van der Waals surface area (Å²) in [7, 11) is 0. The van der Waals surface area contributed by atoms with Crippen molar-refractivity contribution in [2.24, 2.45) is 0 Å². The van der Waals surface area contributed by atoms with E-state index in [-0.39, 0.29) is 5.56 Å². The Balaban J connectivity index is 1.85. The summed E-state index contributed by atoms with van der Waals surface area (Å²) in [6.07, 6.45) is 3.69. The number of amides is 1. The lowest BCUT2D eigenvalue weighted by molar-refractivity contribution is -0.144. The lowest BCUT2D eigenvalue weighted by Crippen LogP contribution is -2.53. The lowest BCUT2D eigenvalue weighted by Gasteiger charge is -2.25. The molecule has 120 valence electrons. The largest absolute Gasteiger partial charge is 0.480 e. The van der Waals surface area contributed by atoms with Gasteiger partial charge in [-0.25, -0.2) is 4.79 Å². The Bertz CT molecular complexity index is 785. The molecule has 1 fully saturated rings. The molecule has 0 atom stereocenters. The second kappa shape index (κ2) is 5.75. The van der Waals surface area contributed by atoms with Crippen molar-refractivity contribution < 1.29 is 19.1 Å². The van der Waals surface area contributed by atoms with Crippen LogP contribution >= 0.6 is 0 Å². The molecule has 0 aromatic carbocycles. The summed E-state index contributed by atoms with van der Waals surface area (Å²) >= 11 is 0. The molecule has 1 saturated carbocycles. The van der Waals surface area contributed by atoms with Crippen LogP contribution in [0.25, 0.3) is 11.5 Å². The summed E-state index contributed by atoms with van der Waals surface area (Å²) in [4.78, 5) is 38.5. The fourth-order valence-electron chi connectivity index (χ4n) is 2.88. The number of rotatable bonds is 4. The Morgan fingerprint density at radius 1 is 1.22 bits per heavy atom. The molecule has 7 heteroatoms. The highest BCUT2D eigenvalue weighted by Gasteiger charge is 2.43. The van der Waals surface area contributed by atoms with Gasteiger partial charge in [-0.3, -0.25) is 9.59 Å². The van der Waals surface area contributed by atoms with Crippen LogP contribution in [0, 0.1) is 0 Å². The Labute approximate surface area is 131 Å². The van der Waals surface area contributed by atoms with Crippen LogP contribution in [0.2, 0.25) is 0 Å². The van der Waals surface area contributed by atoms with Gasteiger partial charge < -0.3 is 19.8 Å². The van der Waals surface area contributed by atoms with E-state index >= 15 is 0 Å². The number of carboxylic acids is 1. The number of carbonyl (C=O) groups is 2. The minimum Gasteiger partial charge on any atom is -0.480 e. The fourth-order valence-corrected chi connectivity index (χ4v) is 2.88. The minimum atomic E-state index is -1.27. The van der Waals surface area contributed by atoms with Crippen molar-refractivity contribution in [2.45, 2.75) is 31.2 Å². The number of aliphatic carboxylic acids is 1. The summed E-state index contributed by atoms with van der Waals surface area (Å²) in [5.41, 5.74) is -1.53. The second-order valence-electron chi connectivity index (χ2n) is 5.64. The van der Waals surface area contributed by atoms with Crippen LogP contribution in [0.3, 0.4) is 0 Å². The number of carboxylic acid groups (broad SMARTS) is 1. The van der Waals surface area contributed by atoms with E-state index in [0.717, 1.165) is 12.8 Å². The quantitative estimate of drug-likeness (QED) is 0.795. The standard InChI is InChI=1S/C16H16N2O5/c19-13-10(5-6-11(17-13)12-4-3-9-23-12)14(20)18-16(15(21)22)7-1-2-8-16/h3-6,9H,1-2,7-8H2,(H,17,19)(H,18,20)(H,21,22). The third kappa shape index (κ3) is 2.77. The second-order valence-corrected chi connectivity index (χ2v) is 5.64. The van der Waals surface area contributed by atoms with Gasteiger partial charge in [0.1, 0.15) is 16.9 Å². The Hall–Kier alpha value is -2.83. The smallest absolute Gasteiger partial charge is 0.329 e. The fraction of sp³-hybridized carbons (Fsp3) is 0.312. The number of hydrogen-bond donors (Lipinski definition) is 3. The molecular weight excluding hydrogens is 300 g/mol. The van der Waals surface area contributed by atoms with Crippen molar-refractivity contribution in [3.05, 3.63) is 46.4 Å². The third-order valence-electron chi connectivity index (χ3n) is 4.16. The first kappa shape index (κ1) is 15.1. The maximum atomic E-state index is 12.3. The topological polar surface area (TPSA) is 112 Å². The van der Waals surface area contributed by atoms with Crippen LogP contribution in [0.5, 0.6) is 0 Å². The van der Waals surface area contributed by atoms with E-state index in [1.807, 2.05) is 0 Å². The van der Waals surface area contributed by atoms with Gasteiger partial charge in [0, 0.05) is 0 Å². The van der Waals surface area contributed by atoms with Crippen LogP contribution in [-0.4, -0.2) is 27.5 Å². The van der Waals surface area contributed by atoms with Crippen LogP contribution in [0.15, 0.2) is 39.7 Å². The number of aromatic nitrogens is 1. The highest BCUT2D eigenvalue weighted by molar-refractivity contribution is 5.97. The normalized spacial score (nSPS) is 16.2. The average molecular weight is 316 g/mol. The molecule has 23 heavy (non-hydrogen) atoms. The molecule has 2 heterocycles. The Morgan fingerprint density at radius 2 is 1.96 bits per heavy atom. The summed E-state index contributed by atoms with van der Waals surface area (Å²) in [5.74, 6) is -1.26. The summed E-state index contributed by atoms with van der Waals surface area (Å²) in [6.45, 7) is 0. The van der Waals surface area contributed by atoms with E-state index in [2.05, 4.69) is 10.3 Å². The number of aromatic amines is 1. The van der Waals surface area contributed by atoms with Crippen molar-refractivity contribution >= 4 is 11.9 Å². The molecule has 1 aliphatic carbocycles. The molecule has 1 aliphatic rings. The third-order valence-corrected chi connectivity index (χ3v) is 4.16. The van der Waals surface area contributed by atoms with Gasteiger partial charge >= 0.3 is 5.97 Å². The molecule has 0 radical (unpaired) electrons. The highest BCUT2D eigenvalue weighted by Crippen LogP contribution is 2.30. The van der Waals surface area contributed by atoms with Gasteiger partial charge in [0.05, 0.1) is 12.0 Å². The van der Waals surface area contributed by atoms with Crippen molar-refractivity contribution in [2.75, 3.05) is 0 Å². The number of furan rings is 1. The SMILES string of the molecule is O=C(NC1(C(=O)O)CCCC1)c1ccc(-c2ccco2)[nH]c1=O. The summed E-state index contributed by atoms with van der Waals surface area (Å²) in [6, 6.07) is 6.29. The van der Waals surface area contributed by atoms with Crippen LogP contribution in [0.4, 0.5) is 0 Å². The van der Waals surface area contributed by atoms with Crippen molar-refractivity contribution in [3.8, 4) is 11.5 Å². The first-order valence-electron chi connectivity index (χ1n) is 7.35. The van der Waals surface area contributed by atoms with Gasteiger partial charge in [0.2, 0.25) is 0 Å². The zero-order chi connectivity index (χ0) is 16.4. The molecular formula is C16H16N2O5. The average Bonchev–Trinajstić information content (AvgIpc) is 3.19. The number of hydrogen-bond acceptors (Lipinski definition) is 4. The van der Waals surface area contributed by atoms with Crippen LogP contribution in [0.1, 0.15) is 36.0 Å². The number of carbonyl (C=O) groups excluding carboxylic acids is 1. The lowest BCUT2D eigenvalue weighted by atomic mass is 9.97. The van der Waals surface area contributed by atoms with Gasteiger partial charge in [-0.05, 0) is 37.1 Å². The Kier molecular flexibility index (Phi) is 3.77. The van der Waals surface area contributed by atoms with E-state index in [1.165, 1.54) is 12.3 Å². The van der Waals surface area contributed by atoms with E-state index in [4.69, 9.17) is 4.42 Å². The molecule has 0 saturated heterocycles. The Morgan fingerprint density at radius 3 is 2.52 bits per heavy atom. The molecule has 2 aromatic rings. The number of pyridine rings is 1. The molecule has 0 unspecified atom stereocenters. The summed E-state index contributed by atoms with van der Waals surface area (Å²) in [5, 5.41) is 11.9. The summed E-state index contributed by atoms with van der Waals surface area (Å²) < 4.78 is 5.18. The van der Waals surface area contributed by atoms with Crippen LogP contribution in [-0.2, 0) is 4.79 Å². The number of nitrogens with one attached hydrogen (secondary N) is 2. The highest BCUT2D eigenvalue weighted by atomic mass is 16.4. The van der Waals surface area contributed by atoms with E-state index in [1.54, 1.807) is 18.2 Å². The zero-order valence-corrected chi connectivity index (χ0v) is 12.3. The number of H-pyrrole nitrogens is 1. The predicted molar refractivity (Wildman–Crippen MR) is 81.1 cm³/mol. The molecule has 7 nitrogen and oxygen atoms in total. The van der Waals surface area contributed by atoms with Gasteiger partial charge in [-0.2, -0.15) is 0 Å². The van der Waals surface area contributed by atoms with Gasteiger partial charge in [-0.15, -0.1) is 0 Å². The molecule has 0 spiro atoms.